The molecule has 4 rings (SSSR count). The third-order valence-electron chi connectivity index (χ3n) is 5.33. The van der Waals surface area contributed by atoms with Crippen LogP contribution in [0.3, 0.4) is 0 Å². The summed E-state index contributed by atoms with van der Waals surface area (Å²) in [5, 5.41) is 2.24. The predicted molar refractivity (Wildman–Crippen MR) is 121 cm³/mol. The molecule has 1 aliphatic rings. The second kappa shape index (κ2) is 8.41. The Hall–Kier alpha value is -2.35. The highest BCUT2D eigenvalue weighted by molar-refractivity contribution is 7.92. The number of benzene rings is 2. The first kappa shape index (κ1) is 20.9. The average molecular weight is 461 g/mol. The monoisotopic (exact) mass is 460 g/mol. The van der Waals surface area contributed by atoms with Crippen molar-refractivity contribution < 1.29 is 13.2 Å². The summed E-state index contributed by atoms with van der Waals surface area (Å²) in [4.78, 5) is 16.3. The maximum absolute atomic E-state index is 13.3. The van der Waals surface area contributed by atoms with E-state index in [-0.39, 0.29) is 27.4 Å². The summed E-state index contributed by atoms with van der Waals surface area (Å²) in [5.41, 5.74) is 0.750. The molecule has 1 saturated heterocycles. The Labute approximate surface area is 185 Å². The van der Waals surface area contributed by atoms with E-state index in [0.717, 1.165) is 17.7 Å². The molecule has 0 bridgehead atoms. The number of hydrogen-bond donors (Lipinski definition) is 0. The summed E-state index contributed by atoms with van der Waals surface area (Å²) in [6.07, 6.45) is 1.79. The normalized spacial score (nSPS) is 16.6. The molecule has 1 fully saturated rings. The van der Waals surface area contributed by atoms with Crippen LogP contribution in [0.25, 0.3) is 0 Å². The fourth-order valence-electron chi connectivity index (χ4n) is 3.70. The number of sulfonamides is 1. The number of nitrogens with zero attached hydrogens (tertiary/aromatic N) is 2. The highest BCUT2D eigenvalue weighted by Crippen LogP contribution is 2.36. The lowest BCUT2D eigenvalue weighted by Gasteiger charge is -2.25. The van der Waals surface area contributed by atoms with Crippen LogP contribution in [-0.4, -0.2) is 32.8 Å². The van der Waals surface area contributed by atoms with Crippen LogP contribution in [0.1, 0.15) is 34.1 Å². The Morgan fingerprint density at radius 1 is 1.13 bits per heavy atom. The van der Waals surface area contributed by atoms with Gasteiger partial charge in [0, 0.05) is 18.5 Å². The van der Waals surface area contributed by atoms with Crippen LogP contribution < -0.4 is 4.31 Å². The summed E-state index contributed by atoms with van der Waals surface area (Å²) in [6, 6.07) is 17.1. The van der Waals surface area contributed by atoms with Gasteiger partial charge in [-0.25, -0.2) is 8.42 Å². The predicted octanol–water partition coefficient (Wildman–Crippen LogP) is 5.20. The van der Waals surface area contributed by atoms with Crippen molar-refractivity contribution >= 4 is 44.6 Å². The number of anilines is 1. The third-order valence-corrected chi connectivity index (χ3v) is 8.42. The number of amides is 1. The van der Waals surface area contributed by atoms with Crippen molar-refractivity contribution in [1.29, 1.82) is 0 Å². The Morgan fingerprint density at radius 3 is 2.60 bits per heavy atom. The minimum absolute atomic E-state index is 0.000761. The molecule has 3 aromatic rings. The van der Waals surface area contributed by atoms with E-state index < -0.39 is 10.0 Å². The van der Waals surface area contributed by atoms with E-state index in [9.17, 15) is 13.2 Å². The van der Waals surface area contributed by atoms with Crippen LogP contribution in [0.4, 0.5) is 5.69 Å². The molecular formula is C22H21ClN2O3S2. The summed E-state index contributed by atoms with van der Waals surface area (Å²) < 4.78 is 27.5. The van der Waals surface area contributed by atoms with Crippen LogP contribution in [0.2, 0.25) is 5.02 Å². The Bertz CT molecular complexity index is 1150. The zero-order chi connectivity index (χ0) is 21.3. The van der Waals surface area contributed by atoms with E-state index in [4.69, 9.17) is 11.6 Å². The first-order valence-corrected chi connectivity index (χ1v) is 12.3. The molecule has 1 atom stereocenters. The highest BCUT2D eigenvalue weighted by atomic mass is 35.5. The number of carbonyl (C=O) groups is 1. The fraction of sp³-hybridized carbons (Fsp3) is 0.227. The molecule has 156 valence electrons. The van der Waals surface area contributed by atoms with Gasteiger partial charge in [0.1, 0.15) is 0 Å². The van der Waals surface area contributed by atoms with Gasteiger partial charge in [-0.2, -0.15) is 0 Å². The molecule has 2 heterocycles. The molecule has 0 N–H and O–H groups in total. The molecule has 8 heteroatoms. The Morgan fingerprint density at radius 2 is 1.90 bits per heavy atom. The van der Waals surface area contributed by atoms with Gasteiger partial charge in [0.15, 0.2) is 0 Å². The number of thiophene rings is 1. The van der Waals surface area contributed by atoms with Gasteiger partial charge in [-0.1, -0.05) is 35.9 Å². The van der Waals surface area contributed by atoms with Crippen LogP contribution >= 0.6 is 22.9 Å². The summed E-state index contributed by atoms with van der Waals surface area (Å²) in [6.45, 7) is 0.624. The van der Waals surface area contributed by atoms with Gasteiger partial charge in [0.05, 0.1) is 27.2 Å². The van der Waals surface area contributed by atoms with Crippen molar-refractivity contribution in [3.05, 3.63) is 81.5 Å². The first-order valence-electron chi connectivity index (χ1n) is 9.57. The van der Waals surface area contributed by atoms with Gasteiger partial charge in [0.2, 0.25) is 0 Å². The van der Waals surface area contributed by atoms with Crippen LogP contribution in [-0.2, 0) is 10.0 Å². The van der Waals surface area contributed by atoms with Crippen molar-refractivity contribution in [2.75, 3.05) is 17.9 Å². The molecule has 0 unspecified atom stereocenters. The number of para-hydroxylation sites is 1. The lowest BCUT2D eigenvalue weighted by Crippen LogP contribution is -2.31. The quantitative estimate of drug-likeness (QED) is 0.525. The second-order valence-corrected chi connectivity index (χ2v) is 10.5. The minimum Gasteiger partial charge on any atom is -0.331 e. The van der Waals surface area contributed by atoms with E-state index in [2.05, 4.69) is 0 Å². The lowest BCUT2D eigenvalue weighted by atomic mass is 10.1. The highest BCUT2D eigenvalue weighted by Gasteiger charge is 2.33. The van der Waals surface area contributed by atoms with Gasteiger partial charge in [-0.05, 0) is 54.6 Å². The van der Waals surface area contributed by atoms with Gasteiger partial charge in [-0.15, -0.1) is 11.3 Å². The molecule has 30 heavy (non-hydrogen) atoms. The molecular weight excluding hydrogens is 440 g/mol. The number of rotatable bonds is 5. The number of carbonyl (C=O) groups excluding carboxylic acids is 1. The van der Waals surface area contributed by atoms with Crippen molar-refractivity contribution in [3.63, 3.8) is 0 Å². The van der Waals surface area contributed by atoms with Crippen molar-refractivity contribution in [3.8, 4) is 0 Å². The topological polar surface area (TPSA) is 57.7 Å². The third kappa shape index (κ3) is 3.85. The van der Waals surface area contributed by atoms with Gasteiger partial charge >= 0.3 is 0 Å². The SMILES string of the molecule is CN(c1ccccc1)S(=O)(=O)c1ccc(Cl)c(C(=O)N2CCC[C@H]2c2cccs2)c1. The smallest absolute Gasteiger partial charge is 0.264 e. The Kier molecular flexibility index (Phi) is 5.86. The zero-order valence-electron chi connectivity index (χ0n) is 16.4. The first-order chi connectivity index (χ1) is 14.4. The molecule has 1 amide bonds. The molecule has 1 aliphatic heterocycles. The largest absolute Gasteiger partial charge is 0.331 e. The molecule has 5 nitrogen and oxygen atoms in total. The lowest BCUT2D eigenvalue weighted by molar-refractivity contribution is 0.0738. The van der Waals surface area contributed by atoms with Crippen molar-refractivity contribution in [2.45, 2.75) is 23.8 Å². The number of halogens is 1. The molecule has 0 spiro atoms. The number of likely N-dealkylation sites (tertiary alicyclic amines) is 1. The van der Waals surface area contributed by atoms with Gasteiger partial charge < -0.3 is 4.90 Å². The van der Waals surface area contributed by atoms with E-state index in [1.807, 2.05) is 23.6 Å². The Balaban J connectivity index is 1.67. The summed E-state index contributed by atoms with van der Waals surface area (Å²) in [7, 11) is -2.34. The molecule has 1 aromatic heterocycles. The summed E-state index contributed by atoms with van der Waals surface area (Å²) >= 11 is 7.96. The van der Waals surface area contributed by atoms with E-state index in [1.165, 1.54) is 29.6 Å². The zero-order valence-corrected chi connectivity index (χ0v) is 18.8. The second-order valence-electron chi connectivity index (χ2n) is 7.12. The van der Waals surface area contributed by atoms with Crippen LogP contribution in [0.15, 0.2) is 70.9 Å². The van der Waals surface area contributed by atoms with Crippen LogP contribution in [0.5, 0.6) is 0 Å². The van der Waals surface area contributed by atoms with E-state index in [1.54, 1.807) is 40.5 Å². The van der Waals surface area contributed by atoms with E-state index >= 15 is 0 Å². The fourth-order valence-corrected chi connectivity index (χ4v) is 6.00. The minimum atomic E-state index is -3.84. The standard InChI is InChI=1S/C22H21ClN2O3S2/c1-24(16-7-3-2-4-8-16)30(27,28)17-11-12-19(23)18(15-17)22(26)25-13-5-9-20(25)21-10-6-14-29-21/h2-4,6-8,10-12,14-15,20H,5,9,13H2,1H3/t20-/m0/s1. The van der Waals surface area contributed by atoms with Gasteiger partial charge in [-0.3, -0.25) is 9.10 Å². The molecule has 2 aromatic carbocycles. The van der Waals surface area contributed by atoms with Crippen molar-refractivity contribution in [2.24, 2.45) is 0 Å². The van der Waals surface area contributed by atoms with Gasteiger partial charge in [0.25, 0.3) is 15.9 Å². The average Bonchev–Trinajstić information content (AvgIpc) is 3.45. The van der Waals surface area contributed by atoms with E-state index in [0.29, 0.717) is 12.2 Å². The maximum Gasteiger partial charge on any atom is 0.264 e. The molecule has 0 radical (unpaired) electrons. The molecule has 0 aliphatic carbocycles. The van der Waals surface area contributed by atoms with Crippen molar-refractivity contribution in [1.82, 2.24) is 4.90 Å². The number of hydrogen-bond acceptors (Lipinski definition) is 4. The van der Waals surface area contributed by atoms with Crippen LogP contribution in [0, 0.1) is 0 Å². The summed E-state index contributed by atoms with van der Waals surface area (Å²) in [5.74, 6) is -0.240. The molecule has 0 saturated carbocycles. The maximum atomic E-state index is 13.3.